The van der Waals surface area contributed by atoms with Gasteiger partial charge in [0.2, 0.25) is 0 Å². The number of allylic oxidation sites excluding steroid dienone is 4. The van der Waals surface area contributed by atoms with Crippen LogP contribution in [0.1, 0.15) is 34.1 Å². The summed E-state index contributed by atoms with van der Waals surface area (Å²) < 4.78 is 0. The molecule has 24 heavy (non-hydrogen) atoms. The summed E-state index contributed by atoms with van der Waals surface area (Å²) in [7, 11) is -2.50. The predicted molar refractivity (Wildman–Crippen MR) is 114 cm³/mol. The van der Waals surface area contributed by atoms with Gasteiger partial charge in [0.25, 0.3) is 0 Å². The van der Waals surface area contributed by atoms with Gasteiger partial charge in [-0.2, -0.15) is 0 Å². The highest BCUT2D eigenvalue weighted by Crippen LogP contribution is 2.36. The second-order valence-corrected chi connectivity index (χ2v) is 16.3. The van der Waals surface area contributed by atoms with E-state index in [9.17, 15) is 0 Å². The van der Waals surface area contributed by atoms with E-state index in [4.69, 9.17) is 0 Å². The Bertz CT molecular complexity index is 606. The molecule has 132 valence electrons. The zero-order chi connectivity index (χ0) is 17.9. The summed E-state index contributed by atoms with van der Waals surface area (Å²) in [6.45, 7) is 16.7. The zero-order valence-corrected chi connectivity index (χ0v) is 18.8. The van der Waals surface area contributed by atoms with Gasteiger partial charge in [-0.15, -0.1) is 0 Å². The van der Waals surface area contributed by atoms with Gasteiger partial charge in [0.15, 0.2) is 0 Å². The largest absolute Gasteiger partial charge is 0.339 e. The SMILES string of the molecule is CC(C)C1=CCC(C(C)C)=C1[SiH](CN[Si](C)(C)C)c1ccccc1. The number of nitrogens with one attached hydrogen (secondary N) is 1. The molecule has 1 unspecified atom stereocenters. The van der Waals surface area contributed by atoms with Crippen molar-refractivity contribution >= 4 is 22.2 Å². The maximum atomic E-state index is 3.96. The van der Waals surface area contributed by atoms with Crippen molar-refractivity contribution in [3.63, 3.8) is 0 Å². The summed E-state index contributed by atoms with van der Waals surface area (Å²) >= 11 is 0. The topological polar surface area (TPSA) is 12.0 Å². The van der Waals surface area contributed by atoms with E-state index in [2.05, 4.69) is 88.7 Å². The molecule has 0 heterocycles. The molecule has 0 aliphatic heterocycles. The Labute approximate surface area is 152 Å². The fourth-order valence-corrected chi connectivity index (χ4v) is 10.1. The van der Waals surface area contributed by atoms with Gasteiger partial charge in [0.05, 0.1) is 0 Å². The first-order valence-electron chi connectivity index (χ1n) is 9.44. The summed E-state index contributed by atoms with van der Waals surface area (Å²) in [5, 5.41) is 3.35. The Morgan fingerprint density at radius 3 is 2.12 bits per heavy atom. The summed E-state index contributed by atoms with van der Waals surface area (Å²) in [6, 6.07) is 11.3. The molecule has 1 aromatic carbocycles. The Morgan fingerprint density at radius 2 is 1.62 bits per heavy atom. The number of rotatable bonds is 7. The van der Waals surface area contributed by atoms with Crippen LogP contribution in [0.4, 0.5) is 0 Å². The second-order valence-electron chi connectivity index (χ2n) is 8.71. The summed E-state index contributed by atoms with van der Waals surface area (Å²) in [6.07, 6.45) is 4.88. The first kappa shape index (κ1) is 19.4. The Kier molecular flexibility index (Phi) is 6.46. The number of hydrogen-bond donors (Lipinski definition) is 1. The van der Waals surface area contributed by atoms with E-state index >= 15 is 0 Å². The van der Waals surface area contributed by atoms with Crippen LogP contribution in [0.3, 0.4) is 0 Å². The van der Waals surface area contributed by atoms with Crippen molar-refractivity contribution in [3.05, 3.63) is 52.8 Å². The van der Waals surface area contributed by atoms with Crippen molar-refractivity contribution < 1.29 is 0 Å². The van der Waals surface area contributed by atoms with E-state index in [1.54, 1.807) is 21.5 Å². The molecule has 0 bridgehead atoms. The lowest BCUT2D eigenvalue weighted by molar-refractivity contribution is 0.747. The molecular weight excluding hydrogens is 322 g/mol. The molecule has 0 radical (unpaired) electrons. The summed E-state index contributed by atoms with van der Waals surface area (Å²) in [4.78, 5) is 3.96. The highest BCUT2D eigenvalue weighted by molar-refractivity contribution is 6.83. The minimum absolute atomic E-state index is 0.627. The average molecular weight is 358 g/mol. The van der Waals surface area contributed by atoms with Crippen molar-refractivity contribution in [2.75, 3.05) is 6.17 Å². The van der Waals surface area contributed by atoms with Gasteiger partial charge in [0.1, 0.15) is 17.0 Å². The minimum atomic E-state index is -1.26. The smallest absolute Gasteiger partial charge is 0.116 e. The van der Waals surface area contributed by atoms with Crippen LogP contribution in [-0.2, 0) is 0 Å². The van der Waals surface area contributed by atoms with Gasteiger partial charge < -0.3 is 4.98 Å². The lowest BCUT2D eigenvalue weighted by atomic mass is 10.0. The molecule has 0 fully saturated rings. The fourth-order valence-electron chi connectivity index (χ4n) is 3.62. The normalized spacial score (nSPS) is 17.0. The third kappa shape index (κ3) is 4.81. The van der Waals surface area contributed by atoms with Crippen LogP contribution in [-0.4, -0.2) is 23.2 Å². The molecule has 0 amide bonds. The summed E-state index contributed by atoms with van der Waals surface area (Å²) in [5.41, 5.74) is 3.34. The molecule has 2 rings (SSSR count). The van der Waals surface area contributed by atoms with Gasteiger partial charge in [-0.25, -0.2) is 0 Å². The molecule has 1 atom stereocenters. The highest BCUT2D eigenvalue weighted by atomic mass is 28.3. The number of benzene rings is 1. The van der Waals surface area contributed by atoms with Crippen LogP contribution >= 0.6 is 0 Å². The van der Waals surface area contributed by atoms with Crippen LogP contribution in [0.15, 0.2) is 52.8 Å². The first-order chi connectivity index (χ1) is 11.2. The van der Waals surface area contributed by atoms with Crippen LogP contribution in [0.25, 0.3) is 0 Å². The van der Waals surface area contributed by atoms with Gasteiger partial charge in [-0.3, -0.25) is 0 Å². The van der Waals surface area contributed by atoms with Gasteiger partial charge in [-0.1, -0.05) is 99.7 Å². The molecule has 0 spiro atoms. The van der Waals surface area contributed by atoms with E-state index in [1.807, 2.05) is 0 Å². The molecule has 3 heteroatoms. The Morgan fingerprint density at radius 1 is 1.00 bits per heavy atom. The predicted octanol–water partition coefficient (Wildman–Crippen LogP) is 4.56. The summed E-state index contributed by atoms with van der Waals surface area (Å²) in [5.74, 6) is 1.28. The molecule has 1 aromatic rings. The molecule has 1 N–H and O–H groups in total. The maximum absolute atomic E-state index is 3.96. The van der Waals surface area contributed by atoms with Gasteiger partial charge in [0, 0.05) is 0 Å². The Balaban J connectivity index is 2.47. The molecular formula is C21H35NSi2. The third-order valence-electron chi connectivity index (χ3n) is 4.90. The van der Waals surface area contributed by atoms with Crippen molar-refractivity contribution in [3.8, 4) is 0 Å². The van der Waals surface area contributed by atoms with Crippen LogP contribution in [0.5, 0.6) is 0 Å². The molecule has 1 aliphatic rings. The Hall–Kier alpha value is -0.906. The molecule has 1 nitrogen and oxygen atoms in total. The third-order valence-corrected chi connectivity index (χ3v) is 9.78. The van der Waals surface area contributed by atoms with E-state index in [-0.39, 0.29) is 0 Å². The van der Waals surface area contributed by atoms with E-state index in [1.165, 1.54) is 12.6 Å². The van der Waals surface area contributed by atoms with Crippen molar-refractivity contribution in [2.45, 2.75) is 53.8 Å². The highest BCUT2D eigenvalue weighted by Gasteiger charge is 2.30. The van der Waals surface area contributed by atoms with Crippen LogP contribution in [0.2, 0.25) is 19.6 Å². The van der Waals surface area contributed by atoms with E-state index < -0.39 is 17.0 Å². The first-order valence-corrected chi connectivity index (χ1v) is 14.9. The van der Waals surface area contributed by atoms with E-state index in [0.29, 0.717) is 11.8 Å². The quantitative estimate of drug-likeness (QED) is 0.705. The van der Waals surface area contributed by atoms with Crippen LogP contribution < -0.4 is 10.2 Å². The number of hydrogen-bond acceptors (Lipinski definition) is 1. The van der Waals surface area contributed by atoms with Crippen molar-refractivity contribution in [2.24, 2.45) is 11.8 Å². The van der Waals surface area contributed by atoms with E-state index in [0.717, 1.165) is 0 Å². The molecule has 0 saturated heterocycles. The van der Waals surface area contributed by atoms with Crippen molar-refractivity contribution in [1.29, 1.82) is 0 Å². The zero-order valence-electron chi connectivity index (χ0n) is 16.6. The monoisotopic (exact) mass is 357 g/mol. The average Bonchev–Trinajstić information content (AvgIpc) is 2.92. The fraction of sp³-hybridized carbons (Fsp3) is 0.524. The minimum Gasteiger partial charge on any atom is -0.339 e. The lowest BCUT2D eigenvalue weighted by Gasteiger charge is -2.28. The molecule has 0 aromatic heterocycles. The maximum Gasteiger partial charge on any atom is 0.116 e. The molecule has 0 saturated carbocycles. The van der Waals surface area contributed by atoms with Crippen LogP contribution in [0, 0.1) is 11.8 Å². The van der Waals surface area contributed by atoms with Crippen molar-refractivity contribution in [1.82, 2.24) is 4.98 Å². The van der Waals surface area contributed by atoms with Gasteiger partial charge in [-0.05, 0) is 30.0 Å². The standard InChI is InChI=1S/C21H35NSi2/c1-16(2)19-13-14-20(17(3)4)21(19)23(15-22-24(5,6)7)18-11-9-8-10-12-18/h8-13,16-17,22-23H,14-15H2,1-7H3. The second kappa shape index (κ2) is 7.98. The van der Waals surface area contributed by atoms with Gasteiger partial charge >= 0.3 is 0 Å². The molecule has 1 aliphatic carbocycles. The lowest BCUT2D eigenvalue weighted by Crippen LogP contribution is -2.51.